The number of imidazole rings is 1. The molecule has 0 amide bonds. The van der Waals surface area contributed by atoms with Crippen molar-refractivity contribution in [2.75, 3.05) is 12.3 Å². The molecule has 0 saturated carbocycles. The van der Waals surface area contributed by atoms with E-state index in [-0.39, 0.29) is 6.10 Å². The molecule has 8 heteroatoms. The third-order valence-corrected chi connectivity index (χ3v) is 4.85. The molecular formula is C11H11Br2N5O. The number of H-pyrrole nitrogens is 2. The largest absolute Gasteiger partial charge is 0.468 e. The number of hydrogen-bond acceptors (Lipinski definition) is 4. The summed E-state index contributed by atoms with van der Waals surface area (Å²) in [6, 6.07) is 0. The number of aromatic amines is 2. The van der Waals surface area contributed by atoms with Crippen molar-refractivity contribution in [1.29, 1.82) is 0 Å². The van der Waals surface area contributed by atoms with Gasteiger partial charge in [-0.05, 0) is 31.9 Å². The van der Waals surface area contributed by atoms with Gasteiger partial charge in [-0.25, -0.2) is 4.98 Å². The number of nitrogens with two attached hydrogens (primary N) is 1. The van der Waals surface area contributed by atoms with Gasteiger partial charge in [-0.3, -0.25) is 4.99 Å². The Balaban J connectivity index is 1.85. The molecule has 100 valence electrons. The zero-order chi connectivity index (χ0) is 13.4. The molecule has 0 spiro atoms. The lowest BCUT2D eigenvalue weighted by Crippen LogP contribution is -2.19. The van der Waals surface area contributed by atoms with Gasteiger partial charge in [-0.2, -0.15) is 0 Å². The van der Waals surface area contributed by atoms with Crippen LogP contribution in [0.1, 0.15) is 23.8 Å². The summed E-state index contributed by atoms with van der Waals surface area (Å²) in [7, 11) is 0. The first-order valence-electron chi connectivity index (χ1n) is 5.69. The maximum absolute atomic E-state index is 5.92. The molecule has 19 heavy (non-hydrogen) atoms. The van der Waals surface area contributed by atoms with Crippen LogP contribution >= 0.6 is 31.9 Å². The minimum Gasteiger partial charge on any atom is -0.468 e. The van der Waals surface area contributed by atoms with Crippen LogP contribution in [-0.2, 0) is 4.74 Å². The number of nitrogens with one attached hydrogen (secondary N) is 2. The lowest BCUT2D eigenvalue weighted by atomic mass is 10.1. The fourth-order valence-electron chi connectivity index (χ4n) is 1.93. The summed E-state index contributed by atoms with van der Waals surface area (Å²) in [6.07, 6.45) is 4.24. The van der Waals surface area contributed by atoms with Crippen LogP contribution in [0.15, 0.2) is 26.5 Å². The lowest BCUT2D eigenvalue weighted by Gasteiger charge is -2.22. The average molecular weight is 389 g/mol. The second-order valence-electron chi connectivity index (χ2n) is 4.14. The van der Waals surface area contributed by atoms with Gasteiger partial charge in [0.1, 0.15) is 6.10 Å². The van der Waals surface area contributed by atoms with Crippen molar-refractivity contribution in [1.82, 2.24) is 15.0 Å². The van der Waals surface area contributed by atoms with Crippen LogP contribution in [-0.4, -0.2) is 27.4 Å². The molecular weight excluding hydrogens is 378 g/mol. The van der Waals surface area contributed by atoms with Gasteiger partial charge in [-0.15, -0.1) is 0 Å². The molecule has 1 atom stereocenters. The highest BCUT2D eigenvalue weighted by molar-refractivity contribution is 9.13. The molecule has 0 bridgehead atoms. The molecule has 2 aromatic heterocycles. The second-order valence-corrected chi connectivity index (χ2v) is 5.72. The molecule has 0 fully saturated rings. The number of aromatic nitrogens is 3. The number of ether oxygens (including phenoxy) is 1. The number of aliphatic imine (C=N–C) groups is 1. The SMILES string of the molecule is Nc1ncc(C2CCN=C(c3c[nH]c(Br)c3Br)O2)[nH]1. The highest BCUT2D eigenvalue weighted by Gasteiger charge is 2.24. The van der Waals surface area contributed by atoms with Crippen molar-refractivity contribution in [2.45, 2.75) is 12.5 Å². The Morgan fingerprint density at radius 3 is 2.89 bits per heavy atom. The van der Waals surface area contributed by atoms with Gasteiger partial charge < -0.3 is 20.4 Å². The highest BCUT2D eigenvalue weighted by Crippen LogP contribution is 2.31. The Labute approximate surface area is 126 Å². The smallest absolute Gasteiger partial charge is 0.219 e. The summed E-state index contributed by atoms with van der Waals surface area (Å²) in [4.78, 5) is 14.5. The summed E-state index contributed by atoms with van der Waals surface area (Å²) in [5, 5.41) is 0. The predicted octanol–water partition coefficient (Wildman–Crippen LogP) is 2.75. The Bertz CT molecular complexity index is 633. The van der Waals surface area contributed by atoms with Gasteiger partial charge in [0, 0.05) is 19.2 Å². The van der Waals surface area contributed by atoms with Crippen LogP contribution in [0.3, 0.4) is 0 Å². The topological polar surface area (TPSA) is 92.1 Å². The summed E-state index contributed by atoms with van der Waals surface area (Å²) in [6.45, 7) is 0.703. The maximum atomic E-state index is 5.92. The molecule has 1 aliphatic rings. The van der Waals surface area contributed by atoms with Gasteiger partial charge in [0.2, 0.25) is 5.90 Å². The average Bonchev–Trinajstić information content (AvgIpc) is 2.98. The van der Waals surface area contributed by atoms with E-state index in [1.807, 2.05) is 6.20 Å². The molecule has 1 aliphatic heterocycles. The maximum Gasteiger partial charge on any atom is 0.219 e. The van der Waals surface area contributed by atoms with Crippen LogP contribution in [0, 0.1) is 0 Å². The van der Waals surface area contributed by atoms with Crippen molar-refractivity contribution in [2.24, 2.45) is 4.99 Å². The summed E-state index contributed by atoms with van der Waals surface area (Å²) in [5.74, 6) is 1.01. The van der Waals surface area contributed by atoms with E-state index in [2.05, 4.69) is 51.8 Å². The molecule has 0 saturated heterocycles. The number of anilines is 1. The fraction of sp³-hybridized carbons (Fsp3) is 0.273. The van der Waals surface area contributed by atoms with Gasteiger partial charge in [-0.1, -0.05) is 0 Å². The molecule has 3 rings (SSSR count). The first-order chi connectivity index (χ1) is 9.15. The van der Waals surface area contributed by atoms with E-state index in [1.54, 1.807) is 6.20 Å². The third kappa shape index (κ3) is 2.42. The molecule has 0 aromatic carbocycles. The first-order valence-corrected chi connectivity index (χ1v) is 7.28. The Morgan fingerprint density at radius 1 is 1.42 bits per heavy atom. The number of hydrogen-bond donors (Lipinski definition) is 3. The predicted molar refractivity (Wildman–Crippen MR) is 79.0 cm³/mol. The molecule has 0 radical (unpaired) electrons. The van der Waals surface area contributed by atoms with Crippen LogP contribution in [0.4, 0.5) is 5.95 Å². The van der Waals surface area contributed by atoms with Crippen LogP contribution in [0.5, 0.6) is 0 Å². The van der Waals surface area contributed by atoms with Gasteiger partial charge in [0.05, 0.1) is 26.5 Å². The summed E-state index contributed by atoms with van der Waals surface area (Å²) < 4.78 is 7.68. The third-order valence-electron chi connectivity index (χ3n) is 2.87. The number of nitrogen functional groups attached to an aromatic ring is 1. The van der Waals surface area contributed by atoms with Crippen LogP contribution in [0.25, 0.3) is 0 Å². The monoisotopic (exact) mass is 387 g/mol. The molecule has 6 nitrogen and oxygen atoms in total. The van der Waals surface area contributed by atoms with E-state index >= 15 is 0 Å². The van der Waals surface area contributed by atoms with Crippen molar-refractivity contribution >= 4 is 43.7 Å². The zero-order valence-corrected chi connectivity index (χ0v) is 13.0. The molecule has 4 N–H and O–H groups in total. The second kappa shape index (κ2) is 5.01. The molecule has 2 aromatic rings. The van der Waals surface area contributed by atoms with E-state index < -0.39 is 0 Å². The fourth-order valence-corrected chi connectivity index (χ4v) is 2.66. The summed E-state index contributed by atoms with van der Waals surface area (Å²) in [5.41, 5.74) is 7.35. The van der Waals surface area contributed by atoms with E-state index in [4.69, 9.17) is 10.5 Å². The normalized spacial score (nSPS) is 19.1. The van der Waals surface area contributed by atoms with Crippen molar-refractivity contribution in [3.63, 3.8) is 0 Å². The Morgan fingerprint density at radius 2 is 2.26 bits per heavy atom. The van der Waals surface area contributed by atoms with Gasteiger partial charge in [0.25, 0.3) is 0 Å². The Hall–Kier alpha value is -1.28. The standard InChI is InChI=1S/C11H11Br2N5O/c12-8-5(3-16-9(8)13)10-15-2-1-7(19-10)6-4-17-11(14)18-6/h3-4,7,16H,1-2H2,(H3,14,17,18). The van der Waals surface area contributed by atoms with Crippen molar-refractivity contribution in [3.8, 4) is 0 Å². The van der Waals surface area contributed by atoms with Gasteiger partial charge in [0.15, 0.2) is 5.95 Å². The lowest BCUT2D eigenvalue weighted by molar-refractivity contribution is 0.166. The van der Waals surface area contributed by atoms with E-state index in [0.717, 1.165) is 26.8 Å². The Kier molecular flexibility index (Phi) is 3.36. The van der Waals surface area contributed by atoms with Crippen LogP contribution in [0.2, 0.25) is 0 Å². The molecule has 0 aliphatic carbocycles. The van der Waals surface area contributed by atoms with Crippen molar-refractivity contribution < 1.29 is 4.74 Å². The highest BCUT2D eigenvalue weighted by atomic mass is 79.9. The van der Waals surface area contributed by atoms with Crippen LogP contribution < -0.4 is 5.73 Å². The molecule has 1 unspecified atom stereocenters. The number of halogens is 2. The quantitative estimate of drug-likeness (QED) is 0.738. The minimum atomic E-state index is -0.0992. The van der Waals surface area contributed by atoms with E-state index in [9.17, 15) is 0 Å². The number of rotatable bonds is 2. The van der Waals surface area contributed by atoms with Crippen molar-refractivity contribution in [3.05, 3.63) is 32.7 Å². The molecule has 3 heterocycles. The first kappa shape index (κ1) is 12.7. The zero-order valence-electron chi connectivity index (χ0n) is 9.78. The summed E-state index contributed by atoms with van der Waals surface area (Å²) >= 11 is 6.89. The minimum absolute atomic E-state index is 0.0992. The number of nitrogens with zero attached hydrogens (tertiary/aromatic N) is 2. The van der Waals surface area contributed by atoms with E-state index in [1.165, 1.54) is 0 Å². The van der Waals surface area contributed by atoms with E-state index in [0.29, 0.717) is 18.4 Å². The van der Waals surface area contributed by atoms with Gasteiger partial charge >= 0.3 is 0 Å².